The smallest absolute Gasteiger partial charge is 0.220 e. The highest BCUT2D eigenvalue weighted by atomic mass is 16.4. The van der Waals surface area contributed by atoms with E-state index in [1.165, 1.54) is 5.56 Å². The van der Waals surface area contributed by atoms with Crippen molar-refractivity contribution in [2.45, 2.75) is 50.5 Å². The van der Waals surface area contributed by atoms with Gasteiger partial charge in [0.2, 0.25) is 5.91 Å². The number of amidine groups is 1. The quantitative estimate of drug-likeness (QED) is 0.324. The number of aryl methyl sites for hydroxylation is 1. The zero-order valence-corrected chi connectivity index (χ0v) is 12.2. The van der Waals surface area contributed by atoms with Gasteiger partial charge in [-0.05, 0) is 31.2 Å². The molecule has 1 aromatic carbocycles. The molecular formula is C16H23N3O2. The minimum atomic E-state index is -0.640. The van der Waals surface area contributed by atoms with Crippen molar-refractivity contribution in [1.29, 1.82) is 0 Å². The van der Waals surface area contributed by atoms with Crippen molar-refractivity contribution in [1.82, 2.24) is 5.32 Å². The second-order valence-corrected chi connectivity index (χ2v) is 5.66. The van der Waals surface area contributed by atoms with Gasteiger partial charge in [0.25, 0.3) is 0 Å². The Balaban J connectivity index is 1.83. The Kier molecular flexibility index (Phi) is 5.20. The molecule has 0 atom stereocenters. The summed E-state index contributed by atoms with van der Waals surface area (Å²) in [5, 5.41) is 15.0. The average Bonchev–Trinajstić information content (AvgIpc) is 2.97. The standard InChI is InChI=1S/C16H23N3O2/c17-15(19-21)16(11-4-5-12-16)18-14(20)10-6-9-13-7-2-1-3-8-13/h1-3,7-8,21H,4-6,9-12H2,(H2,17,19)(H,18,20). The van der Waals surface area contributed by atoms with Crippen molar-refractivity contribution in [3.05, 3.63) is 35.9 Å². The summed E-state index contributed by atoms with van der Waals surface area (Å²) in [6.45, 7) is 0. The summed E-state index contributed by atoms with van der Waals surface area (Å²) in [5.41, 5.74) is 6.36. The molecule has 114 valence electrons. The van der Waals surface area contributed by atoms with E-state index in [0.717, 1.165) is 38.5 Å². The first-order valence-corrected chi connectivity index (χ1v) is 7.49. The van der Waals surface area contributed by atoms with Gasteiger partial charge in [0.05, 0.1) is 0 Å². The molecule has 0 bridgehead atoms. The molecule has 1 aromatic rings. The highest BCUT2D eigenvalue weighted by molar-refractivity contribution is 5.94. The maximum atomic E-state index is 12.1. The molecule has 0 radical (unpaired) electrons. The van der Waals surface area contributed by atoms with Crippen LogP contribution in [0, 0.1) is 0 Å². The molecule has 21 heavy (non-hydrogen) atoms. The number of nitrogens with zero attached hydrogens (tertiary/aromatic N) is 1. The van der Waals surface area contributed by atoms with Crippen molar-refractivity contribution in [3.8, 4) is 0 Å². The minimum Gasteiger partial charge on any atom is -0.409 e. The fourth-order valence-corrected chi connectivity index (χ4v) is 2.95. The van der Waals surface area contributed by atoms with Gasteiger partial charge in [-0.25, -0.2) is 0 Å². The Morgan fingerprint density at radius 1 is 1.29 bits per heavy atom. The highest BCUT2D eigenvalue weighted by Gasteiger charge is 2.39. The van der Waals surface area contributed by atoms with Crippen molar-refractivity contribution in [3.63, 3.8) is 0 Å². The molecule has 0 aliphatic heterocycles. The fraction of sp³-hybridized carbons (Fsp3) is 0.500. The number of carbonyl (C=O) groups is 1. The second kappa shape index (κ2) is 7.11. The van der Waals surface area contributed by atoms with Gasteiger partial charge in [0, 0.05) is 6.42 Å². The van der Waals surface area contributed by atoms with Crippen LogP contribution in [0.1, 0.15) is 44.1 Å². The number of amides is 1. The molecule has 1 amide bonds. The summed E-state index contributed by atoms with van der Waals surface area (Å²) >= 11 is 0. The van der Waals surface area contributed by atoms with Crippen molar-refractivity contribution < 1.29 is 10.0 Å². The lowest BCUT2D eigenvalue weighted by atomic mass is 9.95. The van der Waals surface area contributed by atoms with Crippen molar-refractivity contribution in [2.24, 2.45) is 10.9 Å². The van der Waals surface area contributed by atoms with E-state index in [1.807, 2.05) is 18.2 Å². The fourth-order valence-electron chi connectivity index (χ4n) is 2.95. The van der Waals surface area contributed by atoms with E-state index >= 15 is 0 Å². The number of nitrogens with two attached hydrogens (primary N) is 1. The third-order valence-electron chi connectivity index (χ3n) is 4.15. The Morgan fingerprint density at radius 3 is 2.57 bits per heavy atom. The molecule has 5 heteroatoms. The first-order valence-electron chi connectivity index (χ1n) is 7.49. The van der Waals surface area contributed by atoms with E-state index in [1.54, 1.807) is 0 Å². The van der Waals surface area contributed by atoms with Crippen LogP contribution in [0.4, 0.5) is 0 Å². The van der Waals surface area contributed by atoms with Crippen LogP contribution in [-0.4, -0.2) is 22.5 Å². The summed E-state index contributed by atoms with van der Waals surface area (Å²) in [6.07, 6.45) is 5.59. The molecule has 0 heterocycles. The van der Waals surface area contributed by atoms with Crippen LogP contribution in [0.2, 0.25) is 0 Å². The molecule has 0 unspecified atom stereocenters. The van der Waals surface area contributed by atoms with Crippen LogP contribution >= 0.6 is 0 Å². The number of carbonyl (C=O) groups excluding carboxylic acids is 1. The van der Waals surface area contributed by atoms with Crippen LogP contribution < -0.4 is 11.1 Å². The molecule has 2 rings (SSSR count). The monoisotopic (exact) mass is 289 g/mol. The van der Waals surface area contributed by atoms with Gasteiger partial charge in [-0.2, -0.15) is 0 Å². The largest absolute Gasteiger partial charge is 0.409 e. The summed E-state index contributed by atoms with van der Waals surface area (Å²) in [4.78, 5) is 12.1. The molecule has 5 nitrogen and oxygen atoms in total. The number of hydrogen-bond donors (Lipinski definition) is 3. The Labute approximate surface area is 125 Å². The van der Waals surface area contributed by atoms with E-state index in [4.69, 9.17) is 10.9 Å². The first-order chi connectivity index (χ1) is 10.2. The number of nitrogens with one attached hydrogen (secondary N) is 1. The third-order valence-corrected chi connectivity index (χ3v) is 4.15. The predicted octanol–water partition coefficient (Wildman–Crippen LogP) is 2.18. The van der Waals surface area contributed by atoms with Gasteiger partial charge in [-0.15, -0.1) is 0 Å². The zero-order chi connectivity index (χ0) is 15.1. The van der Waals surface area contributed by atoms with Crippen LogP contribution in [-0.2, 0) is 11.2 Å². The lowest BCUT2D eigenvalue weighted by molar-refractivity contribution is -0.122. The third kappa shape index (κ3) is 3.97. The summed E-state index contributed by atoms with van der Waals surface area (Å²) in [7, 11) is 0. The number of rotatable bonds is 6. The maximum absolute atomic E-state index is 12.1. The van der Waals surface area contributed by atoms with Crippen molar-refractivity contribution in [2.75, 3.05) is 0 Å². The molecule has 1 saturated carbocycles. The topological polar surface area (TPSA) is 87.7 Å². The SMILES string of the molecule is N/C(=N/O)C1(NC(=O)CCCc2ccccc2)CCCC1. The number of hydrogen-bond acceptors (Lipinski definition) is 3. The van der Waals surface area contributed by atoms with Gasteiger partial charge in [0.1, 0.15) is 5.54 Å². The van der Waals surface area contributed by atoms with E-state index in [-0.39, 0.29) is 11.7 Å². The molecule has 4 N–H and O–H groups in total. The van der Waals surface area contributed by atoms with Gasteiger partial charge in [0.15, 0.2) is 5.84 Å². The maximum Gasteiger partial charge on any atom is 0.220 e. The second-order valence-electron chi connectivity index (χ2n) is 5.66. The Bertz CT molecular complexity index is 494. The Morgan fingerprint density at radius 2 is 1.95 bits per heavy atom. The van der Waals surface area contributed by atoms with Crippen LogP contribution in [0.3, 0.4) is 0 Å². The lowest BCUT2D eigenvalue weighted by Crippen LogP contribution is -2.55. The van der Waals surface area contributed by atoms with Crippen LogP contribution in [0.15, 0.2) is 35.5 Å². The van der Waals surface area contributed by atoms with E-state index in [0.29, 0.717) is 6.42 Å². The van der Waals surface area contributed by atoms with Crippen molar-refractivity contribution >= 4 is 11.7 Å². The molecule has 0 aromatic heterocycles. The average molecular weight is 289 g/mol. The summed E-state index contributed by atoms with van der Waals surface area (Å²) in [6, 6.07) is 10.1. The molecule has 0 saturated heterocycles. The number of oxime groups is 1. The van der Waals surface area contributed by atoms with E-state index < -0.39 is 5.54 Å². The Hall–Kier alpha value is -2.04. The summed E-state index contributed by atoms with van der Waals surface area (Å²) in [5.74, 6) is 0.0934. The predicted molar refractivity (Wildman–Crippen MR) is 82.1 cm³/mol. The van der Waals surface area contributed by atoms with Crippen LogP contribution in [0.5, 0.6) is 0 Å². The van der Waals surface area contributed by atoms with Gasteiger partial charge in [-0.3, -0.25) is 4.79 Å². The molecule has 0 spiro atoms. The zero-order valence-electron chi connectivity index (χ0n) is 12.2. The molecular weight excluding hydrogens is 266 g/mol. The van der Waals surface area contributed by atoms with E-state index in [2.05, 4.69) is 22.6 Å². The summed E-state index contributed by atoms with van der Waals surface area (Å²) < 4.78 is 0. The first kappa shape index (κ1) is 15.4. The minimum absolute atomic E-state index is 0.0283. The number of benzene rings is 1. The van der Waals surface area contributed by atoms with Gasteiger partial charge >= 0.3 is 0 Å². The van der Waals surface area contributed by atoms with Gasteiger partial charge < -0.3 is 16.3 Å². The molecule has 1 aliphatic carbocycles. The van der Waals surface area contributed by atoms with E-state index in [9.17, 15) is 4.79 Å². The highest BCUT2D eigenvalue weighted by Crippen LogP contribution is 2.30. The van der Waals surface area contributed by atoms with Crippen LogP contribution in [0.25, 0.3) is 0 Å². The lowest BCUT2D eigenvalue weighted by Gasteiger charge is -2.28. The van der Waals surface area contributed by atoms with Gasteiger partial charge in [-0.1, -0.05) is 48.3 Å². The molecule has 1 aliphatic rings. The molecule has 1 fully saturated rings. The normalized spacial score (nSPS) is 17.6.